The van der Waals surface area contributed by atoms with Gasteiger partial charge in [0.15, 0.2) is 0 Å². The lowest BCUT2D eigenvalue weighted by Gasteiger charge is -2.18. The summed E-state index contributed by atoms with van der Waals surface area (Å²) in [6.07, 6.45) is 1.41. The minimum Gasteiger partial charge on any atom is -0.332 e. The topological polar surface area (TPSA) is 69.7 Å². The van der Waals surface area contributed by atoms with E-state index in [-0.39, 0.29) is 24.3 Å². The molecule has 130 valence electrons. The number of nitrogens with one attached hydrogen (secondary N) is 1. The number of anilines is 2. The number of hydrogen-bond donors (Lipinski definition) is 1. The molecule has 1 aliphatic heterocycles. The molecule has 0 unspecified atom stereocenters. The minimum absolute atomic E-state index is 0.0381. The van der Waals surface area contributed by atoms with Crippen molar-refractivity contribution in [2.75, 3.05) is 30.4 Å². The second-order valence-electron chi connectivity index (χ2n) is 5.89. The lowest BCUT2D eigenvalue weighted by molar-refractivity contribution is -0.117. The molecule has 2 aromatic rings. The molecule has 1 aliphatic rings. The maximum Gasteiger partial charge on any atom is 0.264 e. The summed E-state index contributed by atoms with van der Waals surface area (Å²) in [7, 11) is 1.60. The molecular formula is C18H19N3O3S. The van der Waals surface area contributed by atoms with Crippen molar-refractivity contribution in [3.05, 3.63) is 46.7 Å². The van der Waals surface area contributed by atoms with E-state index in [0.717, 1.165) is 12.1 Å². The van der Waals surface area contributed by atoms with E-state index in [1.165, 1.54) is 16.2 Å². The van der Waals surface area contributed by atoms with Gasteiger partial charge in [-0.3, -0.25) is 14.4 Å². The fourth-order valence-electron chi connectivity index (χ4n) is 2.75. The van der Waals surface area contributed by atoms with Gasteiger partial charge in [0.05, 0.1) is 11.4 Å². The number of benzene rings is 1. The summed E-state index contributed by atoms with van der Waals surface area (Å²) in [4.78, 5) is 39.9. The fraction of sp³-hybridized carbons (Fsp3) is 0.278. The van der Waals surface area contributed by atoms with Crippen LogP contribution in [0.1, 0.15) is 22.5 Å². The maximum absolute atomic E-state index is 12.2. The second-order valence-corrected chi connectivity index (χ2v) is 6.83. The minimum atomic E-state index is -0.280. The average molecular weight is 357 g/mol. The third kappa shape index (κ3) is 4.06. The van der Waals surface area contributed by atoms with E-state index in [1.807, 2.05) is 11.4 Å². The van der Waals surface area contributed by atoms with Crippen molar-refractivity contribution < 1.29 is 14.4 Å². The number of carbonyl (C=O) groups excluding carboxylic acids is 3. The van der Waals surface area contributed by atoms with Crippen LogP contribution in [-0.4, -0.2) is 42.8 Å². The first-order valence-electron chi connectivity index (χ1n) is 8.04. The Bertz CT molecular complexity index is 789. The van der Waals surface area contributed by atoms with E-state index in [1.54, 1.807) is 42.3 Å². The van der Waals surface area contributed by atoms with Crippen LogP contribution in [0.25, 0.3) is 0 Å². The van der Waals surface area contributed by atoms with Crippen LogP contribution in [0, 0.1) is 0 Å². The Labute approximate surface area is 150 Å². The molecule has 0 radical (unpaired) electrons. The van der Waals surface area contributed by atoms with Gasteiger partial charge in [0, 0.05) is 31.4 Å². The van der Waals surface area contributed by atoms with Gasteiger partial charge in [-0.1, -0.05) is 12.1 Å². The van der Waals surface area contributed by atoms with Gasteiger partial charge in [0.1, 0.15) is 0 Å². The van der Waals surface area contributed by atoms with Crippen molar-refractivity contribution in [1.29, 1.82) is 0 Å². The molecule has 2 heterocycles. The lowest BCUT2D eigenvalue weighted by Crippen LogP contribution is -2.34. The van der Waals surface area contributed by atoms with Crippen LogP contribution in [0.5, 0.6) is 0 Å². The van der Waals surface area contributed by atoms with Gasteiger partial charge in [-0.05, 0) is 36.1 Å². The Morgan fingerprint density at radius 2 is 2.12 bits per heavy atom. The number of thiophene rings is 1. The SMILES string of the molecule is CN(CC(=O)Nc1cccc(N2CCCC2=O)c1)C(=O)c1cccs1. The summed E-state index contributed by atoms with van der Waals surface area (Å²) in [6.45, 7) is 0.665. The van der Waals surface area contributed by atoms with Gasteiger partial charge in [-0.2, -0.15) is 0 Å². The Morgan fingerprint density at radius 3 is 2.80 bits per heavy atom. The molecule has 25 heavy (non-hydrogen) atoms. The number of carbonyl (C=O) groups is 3. The first-order valence-corrected chi connectivity index (χ1v) is 8.92. The van der Waals surface area contributed by atoms with E-state index >= 15 is 0 Å². The highest BCUT2D eigenvalue weighted by molar-refractivity contribution is 7.12. The smallest absolute Gasteiger partial charge is 0.264 e. The van der Waals surface area contributed by atoms with Gasteiger partial charge >= 0.3 is 0 Å². The van der Waals surface area contributed by atoms with E-state index in [4.69, 9.17) is 0 Å². The third-order valence-corrected chi connectivity index (χ3v) is 4.83. The molecule has 1 aromatic heterocycles. The van der Waals surface area contributed by atoms with E-state index in [2.05, 4.69) is 5.32 Å². The number of nitrogens with zero attached hydrogens (tertiary/aromatic N) is 2. The average Bonchev–Trinajstić information content (AvgIpc) is 3.25. The van der Waals surface area contributed by atoms with E-state index in [9.17, 15) is 14.4 Å². The highest BCUT2D eigenvalue weighted by Crippen LogP contribution is 2.24. The first kappa shape index (κ1) is 17.2. The van der Waals surface area contributed by atoms with E-state index in [0.29, 0.717) is 23.5 Å². The van der Waals surface area contributed by atoms with Gasteiger partial charge in [-0.25, -0.2) is 0 Å². The molecule has 1 fully saturated rings. The Kier molecular flexibility index (Phi) is 5.14. The molecule has 0 atom stereocenters. The molecule has 1 aromatic carbocycles. The van der Waals surface area contributed by atoms with Crippen LogP contribution >= 0.6 is 11.3 Å². The van der Waals surface area contributed by atoms with Crippen molar-refractivity contribution >= 4 is 40.4 Å². The van der Waals surface area contributed by atoms with Crippen LogP contribution in [0.15, 0.2) is 41.8 Å². The fourth-order valence-corrected chi connectivity index (χ4v) is 3.47. The summed E-state index contributed by atoms with van der Waals surface area (Å²) in [5, 5.41) is 4.61. The highest BCUT2D eigenvalue weighted by atomic mass is 32.1. The molecule has 6 nitrogen and oxygen atoms in total. The summed E-state index contributed by atoms with van der Waals surface area (Å²) in [6, 6.07) is 10.7. The summed E-state index contributed by atoms with van der Waals surface area (Å²) < 4.78 is 0. The molecule has 7 heteroatoms. The lowest BCUT2D eigenvalue weighted by atomic mass is 10.2. The normalized spacial score (nSPS) is 13.8. The summed E-state index contributed by atoms with van der Waals surface area (Å²) in [5.74, 6) is -0.358. The molecule has 3 amide bonds. The third-order valence-electron chi connectivity index (χ3n) is 3.97. The quantitative estimate of drug-likeness (QED) is 0.894. The number of hydrogen-bond acceptors (Lipinski definition) is 4. The molecule has 0 spiro atoms. The van der Waals surface area contributed by atoms with Crippen molar-refractivity contribution in [2.45, 2.75) is 12.8 Å². The Hall–Kier alpha value is -2.67. The highest BCUT2D eigenvalue weighted by Gasteiger charge is 2.22. The molecule has 1 saturated heterocycles. The molecule has 3 rings (SSSR count). The molecule has 0 saturated carbocycles. The van der Waals surface area contributed by atoms with Crippen LogP contribution in [0.3, 0.4) is 0 Å². The van der Waals surface area contributed by atoms with Gasteiger partial charge in [0.25, 0.3) is 5.91 Å². The number of likely N-dealkylation sites (N-methyl/N-ethyl adjacent to an activating group) is 1. The maximum atomic E-state index is 12.2. The summed E-state index contributed by atoms with van der Waals surface area (Å²) >= 11 is 1.35. The van der Waals surface area contributed by atoms with Gasteiger partial charge in [-0.15, -0.1) is 11.3 Å². The standard InChI is InChI=1S/C18H19N3O3S/c1-20(18(24)15-7-4-10-25-15)12-16(22)19-13-5-2-6-14(11-13)21-9-3-8-17(21)23/h2,4-7,10-11H,3,8-9,12H2,1H3,(H,19,22). The predicted molar refractivity (Wildman–Crippen MR) is 97.9 cm³/mol. The second kappa shape index (κ2) is 7.48. The van der Waals surface area contributed by atoms with E-state index < -0.39 is 0 Å². The largest absolute Gasteiger partial charge is 0.332 e. The molecule has 0 bridgehead atoms. The molecular weight excluding hydrogens is 338 g/mol. The number of amides is 3. The first-order chi connectivity index (χ1) is 12.0. The molecule has 0 aliphatic carbocycles. The summed E-state index contributed by atoms with van der Waals surface area (Å²) in [5.41, 5.74) is 1.39. The van der Waals surface area contributed by atoms with Crippen molar-refractivity contribution in [3.63, 3.8) is 0 Å². The van der Waals surface area contributed by atoms with Crippen molar-refractivity contribution in [3.8, 4) is 0 Å². The van der Waals surface area contributed by atoms with Gasteiger partial charge < -0.3 is 15.1 Å². The predicted octanol–water partition coefficient (Wildman–Crippen LogP) is 2.59. The monoisotopic (exact) mass is 357 g/mol. The van der Waals surface area contributed by atoms with Crippen LogP contribution < -0.4 is 10.2 Å². The Balaban J connectivity index is 1.61. The van der Waals surface area contributed by atoms with Gasteiger partial charge in [0.2, 0.25) is 11.8 Å². The zero-order valence-electron chi connectivity index (χ0n) is 13.9. The van der Waals surface area contributed by atoms with Crippen LogP contribution in [0.2, 0.25) is 0 Å². The molecule has 1 N–H and O–H groups in total. The van der Waals surface area contributed by atoms with Crippen LogP contribution in [-0.2, 0) is 9.59 Å². The number of rotatable bonds is 5. The zero-order valence-corrected chi connectivity index (χ0v) is 14.7. The van der Waals surface area contributed by atoms with Crippen molar-refractivity contribution in [2.24, 2.45) is 0 Å². The van der Waals surface area contributed by atoms with Crippen molar-refractivity contribution in [1.82, 2.24) is 4.90 Å². The zero-order chi connectivity index (χ0) is 17.8. The Morgan fingerprint density at radius 1 is 1.28 bits per heavy atom. The van der Waals surface area contributed by atoms with Crippen LogP contribution in [0.4, 0.5) is 11.4 Å².